The summed E-state index contributed by atoms with van der Waals surface area (Å²) in [6.45, 7) is 7.21. The van der Waals surface area contributed by atoms with Gasteiger partial charge in [-0.3, -0.25) is 4.79 Å². The van der Waals surface area contributed by atoms with Crippen LogP contribution in [0.5, 0.6) is 0 Å². The number of aromatic amines is 1. The Hall–Kier alpha value is -2.30. The lowest BCUT2D eigenvalue weighted by Gasteiger charge is -2.24. The van der Waals surface area contributed by atoms with Crippen molar-refractivity contribution in [3.63, 3.8) is 0 Å². The number of rotatable bonds is 3. The summed E-state index contributed by atoms with van der Waals surface area (Å²) in [5.41, 5.74) is 3.69. The third-order valence-corrected chi connectivity index (χ3v) is 5.09. The molecule has 25 heavy (non-hydrogen) atoms. The zero-order chi connectivity index (χ0) is 18.0. The number of amides is 1. The van der Waals surface area contributed by atoms with Gasteiger partial charge in [-0.05, 0) is 57.4 Å². The van der Waals surface area contributed by atoms with E-state index in [0.717, 1.165) is 60.9 Å². The third kappa shape index (κ3) is 3.70. The normalized spacial score (nSPS) is 16.5. The Balaban J connectivity index is 1.70. The number of nitrogens with one attached hydrogen (secondary N) is 1. The van der Waals surface area contributed by atoms with Crippen LogP contribution in [0.25, 0.3) is 10.9 Å². The monoisotopic (exact) mass is 342 g/mol. The van der Waals surface area contributed by atoms with Crippen LogP contribution in [0.15, 0.2) is 18.2 Å². The smallest absolute Gasteiger partial charge is 0.338 e. The summed E-state index contributed by atoms with van der Waals surface area (Å²) in [5, 5.41) is 1.01. The van der Waals surface area contributed by atoms with Gasteiger partial charge in [-0.25, -0.2) is 4.79 Å². The average Bonchev–Trinajstić information content (AvgIpc) is 2.80. The first-order chi connectivity index (χ1) is 12.0. The second-order valence-electron chi connectivity index (χ2n) is 6.92. The minimum absolute atomic E-state index is 0.0926. The molecule has 3 rings (SSSR count). The van der Waals surface area contributed by atoms with Gasteiger partial charge in [0.15, 0.2) is 6.10 Å². The lowest BCUT2D eigenvalue weighted by atomic mass is 10.1. The van der Waals surface area contributed by atoms with Crippen LogP contribution in [0.3, 0.4) is 0 Å². The molecule has 1 aromatic carbocycles. The van der Waals surface area contributed by atoms with Gasteiger partial charge >= 0.3 is 5.97 Å². The second-order valence-corrected chi connectivity index (χ2v) is 6.92. The van der Waals surface area contributed by atoms with Gasteiger partial charge in [0.25, 0.3) is 5.91 Å². The Kier molecular flexibility index (Phi) is 5.11. The van der Waals surface area contributed by atoms with E-state index in [1.807, 2.05) is 30.9 Å². The fourth-order valence-corrected chi connectivity index (χ4v) is 3.42. The number of hydrogen-bond donors (Lipinski definition) is 1. The van der Waals surface area contributed by atoms with Crippen molar-refractivity contribution in [2.24, 2.45) is 0 Å². The highest BCUT2D eigenvalue weighted by Crippen LogP contribution is 2.23. The van der Waals surface area contributed by atoms with Gasteiger partial charge in [0.1, 0.15) is 0 Å². The van der Waals surface area contributed by atoms with E-state index in [-0.39, 0.29) is 5.91 Å². The number of aryl methyl sites for hydroxylation is 2. The molecule has 2 heterocycles. The van der Waals surface area contributed by atoms with Crippen molar-refractivity contribution in [2.75, 3.05) is 13.1 Å². The molecule has 1 saturated heterocycles. The largest absolute Gasteiger partial charge is 0.449 e. The molecule has 1 fully saturated rings. The molecule has 0 spiro atoms. The fraction of sp³-hybridized carbons (Fsp3) is 0.500. The standard InChI is InChI=1S/C20H26N2O3/c1-13-14(2)21-18-9-8-16(12-17(13)18)20(24)25-15(3)19(23)22-10-6-4-5-7-11-22/h8-9,12,15,21H,4-7,10-11H2,1-3H3. The van der Waals surface area contributed by atoms with Crippen LogP contribution in [0.1, 0.15) is 54.2 Å². The minimum Gasteiger partial charge on any atom is -0.449 e. The summed E-state index contributed by atoms with van der Waals surface area (Å²) in [4.78, 5) is 30.1. The highest BCUT2D eigenvalue weighted by Gasteiger charge is 2.25. The summed E-state index contributed by atoms with van der Waals surface area (Å²) in [6.07, 6.45) is 3.61. The molecule has 0 bridgehead atoms. The van der Waals surface area contributed by atoms with E-state index in [4.69, 9.17) is 4.74 Å². The van der Waals surface area contributed by atoms with Crippen LogP contribution in [0.4, 0.5) is 0 Å². The van der Waals surface area contributed by atoms with Crippen molar-refractivity contribution < 1.29 is 14.3 Å². The number of nitrogens with zero attached hydrogens (tertiary/aromatic N) is 1. The lowest BCUT2D eigenvalue weighted by molar-refractivity contribution is -0.139. The predicted octanol–water partition coefficient (Wildman–Crippen LogP) is 3.73. The maximum Gasteiger partial charge on any atom is 0.338 e. The quantitative estimate of drug-likeness (QED) is 0.865. The number of hydrogen-bond acceptors (Lipinski definition) is 3. The van der Waals surface area contributed by atoms with Gasteiger partial charge in [0, 0.05) is 29.7 Å². The van der Waals surface area contributed by atoms with Gasteiger partial charge in [0.2, 0.25) is 0 Å². The number of H-pyrrole nitrogens is 1. The molecule has 5 heteroatoms. The highest BCUT2D eigenvalue weighted by atomic mass is 16.5. The Morgan fingerprint density at radius 2 is 1.80 bits per heavy atom. The van der Waals surface area contributed by atoms with Crippen molar-refractivity contribution in [2.45, 2.75) is 52.6 Å². The lowest BCUT2D eigenvalue weighted by Crippen LogP contribution is -2.40. The zero-order valence-electron chi connectivity index (χ0n) is 15.2. The molecule has 1 unspecified atom stereocenters. The van der Waals surface area contributed by atoms with Crippen LogP contribution in [-0.2, 0) is 9.53 Å². The summed E-state index contributed by atoms with van der Waals surface area (Å²) < 4.78 is 5.45. The average molecular weight is 342 g/mol. The Bertz CT molecular complexity index is 786. The molecule has 1 amide bonds. The van der Waals surface area contributed by atoms with Crippen LogP contribution in [0, 0.1) is 13.8 Å². The number of fused-ring (bicyclic) bond motifs is 1. The summed E-state index contributed by atoms with van der Waals surface area (Å²) in [7, 11) is 0. The molecule has 0 radical (unpaired) electrons. The van der Waals surface area contributed by atoms with E-state index in [0.29, 0.717) is 5.56 Å². The van der Waals surface area contributed by atoms with E-state index in [9.17, 15) is 9.59 Å². The van der Waals surface area contributed by atoms with Crippen LogP contribution >= 0.6 is 0 Å². The minimum atomic E-state index is -0.754. The van der Waals surface area contributed by atoms with Gasteiger partial charge < -0.3 is 14.6 Å². The topological polar surface area (TPSA) is 62.4 Å². The number of esters is 1. The number of carbonyl (C=O) groups excluding carboxylic acids is 2. The molecule has 5 nitrogen and oxygen atoms in total. The molecule has 1 aliphatic heterocycles. The number of benzene rings is 1. The first kappa shape index (κ1) is 17.5. The van der Waals surface area contributed by atoms with E-state index in [2.05, 4.69) is 4.98 Å². The van der Waals surface area contributed by atoms with Gasteiger partial charge in [0.05, 0.1) is 5.56 Å². The van der Waals surface area contributed by atoms with E-state index in [1.54, 1.807) is 13.0 Å². The van der Waals surface area contributed by atoms with Crippen molar-refractivity contribution in [1.29, 1.82) is 0 Å². The van der Waals surface area contributed by atoms with E-state index in [1.165, 1.54) is 0 Å². The number of ether oxygens (including phenoxy) is 1. The number of likely N-dealkylation sites (tertiary alicyclic amines) is 1. The molecule has 1 N–H and O–H groups in total. The van der Waals surface area contributed by atoms with Crippen molar-refractivity contribution in [3.05, 3.63) is 35.0 Å². The van der Waals surface area contributed by atoms with Crippen LogP contribution in [-0.4, -0.2) is 41.0 Å². The SMILES string of the molecule is Cc1[nH]c2ccc(C(=O)OC(C)C(=O)N3CCCCCC3)cc2c1C. The van der Waals surface area contributed by atoms with Gasteiger partial charge in [-0.1, -0.05) is 12.8 Å². The predicted molar refractivity (Wildman–Crippen MR) is 97.7 cm³/mol. The number of aromatic nitrogens is 1. The van der Waals surface area contributed by atoms with Gasteiger partial charge in [-0.2, -0.15) is 0 Å². The Labute approximate surface area is 148 Å². The van der Waals surface area contributed by atoms with Gasteiger partial charge in [-0.15, -0.1) is 0 Å². The molecule has 0 aliphatic carbocycles. The first-order valence-corrected chi connectivity index (χ1v) is 9.06. The van der Waals surface area contributed by atoms with Crippen molar-refractivity contribution in [3.8, 4) is 0 Å². The summed E-state index contributed by atoms with van der Waals surface area (Å²) >= 11 is 0. The van der Waals surface area contributed by atoms with E-state index >= 15 is 0 Å². The molecule has 1 aromatic heterocycles. The van der Waals surface area contributed by atoms with E-state index < -0.39 is 12.1 Å². The second kappa shape index (κ2) is 7.30. The molecule has 1 atom stereocenters. The Morgan fingerprint density at radius 1 is 1.12 bits per heavy atom. The third-order valence-electron chi connectivity index (χ3n) is 5.09. The zero-order valence-corrected chi connectivity index (χ0v) is 15.2. The highest BCUT2D eigenvalue weighted by molar-refractivity contribution is 5.97. The van der Waals surface area contributed by atoms with Crippen LogP contribution in [0.2, 0.25) is 0 Å². The number of carbonyl (C=O) groups is 2. The maximum absolute atomic E-state index is 12.5. The van der Waals surface area contributed by atoms with Crippen LogP contribution < -0.4 is 0 Å². The van der Waals surface area contributed by atoms with Crippen molar-refractivity contribution >= 4 is 22.8 Å². The molecule has 2 aromatic rings. The maximum atomic E-state index is 12.5. The van der Waals surface area contributed by atoms with Crippen molar-refractivity contribution in [1.82, 2.24) is 9.88 Å². The fourth-order valence-electron chi connectivity index (χ4n) is 3.42. The molecule has 134 valence electrons. The first-order valence-electron chi connectivity index (χ1n) is 9.06. The summed E-state index contributed by atoms with van der Waals surface area (Å²) in [6, 6.07) is 5.45. The molecular weight excluding hydrogens is 316 g/mol. The molecule has 1 aliphatic rings. The molecular formula is C20H26N2O3. The molecule has 0 saturated carbocycles. The Morgan fingerprint density at radius 3 is 2.48 bits per heavy atom. The summed E-state index contributed by atoms with van der Waals surface area (Å²) in [5.74, 6) is -0.541.